The molecular formula is C26H30O6. The van der Waals surface area contributed by atoms with Crippen LogP contribution in [0.3, 0.4) is 0 Å². The zero-order valence-corrected chi connectivity index (χ0v) is 18.7. The molecule has 0 unspecified atom stereocenters. The van der Waals surface area contributed by atoms with Crippen LogP contribution in [0, 0.1) is 6.92 Å². The van der Waals surface area contributed by atoms with Crippen LogP contribution in [0.1, 0.15) is 36.8 Å². The van der Waals surface area contributed by atoms with Crippen LogP contribution in [0.5, 0.6) is 17.2 Å². The number of aryl methyl sites for hydroxylation is 1. The summed E-state index contributed by atoms with van der Waals surface area (Å²) in [5, 5.41) is 0. The van der Waals surface area contributed by atoms with Gasteiger partial charge in [-0.1, -0.05) is 18.7 Å². The van der Waals surface area contributed by atoms with E-state index >= 15 is 0 Å². The Morgan fingerprint density at radius 1 is 0.906 bits per heavy atom. The normalized spacial score (nSPS) is 10.6. The fourth-order valence-electron chi connectivity index (χ4n) is 2.88. The summed E-state index contributed by atoms with van der Waals surface area (Å²) in [5.74, 6) is 1.16. The van der Waals surface area contributed by atoms with Crippen molar-refractivity contribution >= 4 is 18.0 Å². The van der Waals surface area contributed by atoms with E-state index in [4.69, 9.17) is 18.9 Å². The molecule has 0 aliphatic heterocycles. The molecule has 2 aromatic carbocycles. The Kier molecular flexibility index (Phi) is 10.6. The molecule has 6 nitrogen and oxygen atoms in total. The highest BCUT2D eigenvalue weighted by Gasteiger charge is 2.04. The van der Waals surface area contributed by atoms with Gasteiger partial charge in [0.25, 0.3) is 0 Å². The first-order chi connectivity index (χ1) is 15.5. The number of carbonyl (C=O) groups is 2. The van der Waals surface area contributed by atoms with Crippen molar-refractivity contribution < 1.29 is 28.5 Å². The maximum absolute atomic E-state index is 12.0. The molecule has 0 radical (unpaired) electrons. The molecule has 0 aliphatic carbocycles. The van der Waals surface area contributed by atoms with Crippen LogP contribution in [0.25, 0.3) is 6.08 Å². The number of rotatable bonds is 13. The number of carbonyl (C=O) groups excluding carboxylic acids is 2. The summed E-state index contributed by atoms with van der Waals surface area (Å²) in [4.78, 5) is 23.0. The number of esters is 2. The topological polar surface area (TPSA) is 71.1 Å². The van der Waals surface area contributed by atoms with Gasteiger partial charge in [-0.05, 0) is 80.1 Å². The predicted octanol–water partition coefficient (Wildman–Crippen LogP) is 5.29. The zero-order valence-electron chi connectivity index (χ0n) is 18.7. The summed E-state index contributed by atoms with van der Waals surface area (Å²) in [5.41, 5.74) is 1.76. The van der Waals surface area contributed by atoms with E-state index in [-0.39, 0.29) is 5.97 Å². The number of hydrogen-bond acceptors (Lipinski definition) is 6. The number of benzene rings is 2. The highest BCUT2D eigenvalue weighted by molar-refractivity contribution is 5.88. The molecule has 0 amide bonds. The summed E-state index contributed by atoms with van der Waals surface area (Å²) < 4.78 is 21.2. The summed E-state index contributed by atoms with van der Waals surface area (Å²) >= 11 is 0. The highest BCUT2D eigenvalue weighted by atomic mass is 16.5. The molecule has 170 valence electrons. The van der Waals surface area contributed by atoms with Crippen molar-refractivity contribution in [2.45, 2.75) is 32.6 Å². The van der Waals surface area contributed by atoms with Crippen molar-refractivity contribution in [1.82, 2.24) is 0 Å². The molecule has 0 fully saturated rings. The Labute approximate surface area is 189 Å². The zero-order chi connectivity index (χ0) is 23.2. The van der Waals surface area contributed by atoms with Crippen molar-refractivity contribution in [2.24, 2.45) is 0 Å². The molecule has 0 bridgehead atoms. The van der Waals surface area contributed by atoms with E-state index in [0.29, 0.717) is 19.0 Å². The van der Waals surface area contributed by atoms with Gasteiger partial charge in [0, 0.05) is 12.2 Å². The van der Waals surface area contributed by atoms with Gasteiger partial charge in [-0.25, -0.2) is 9.59 Å². The molecule has 0 heterocycles. The van der Waals surface area contributed by atoms with Crippen molar-refractivity contribution in [3.63, 3.8) is 0 Å². The fourth-order valence-corrected chi connectivity index (χ4v) is 2.88. The molecule has 2 rings (SSSR count). The minimum atomic E-state index is -0.450. The summed E-state index contributed by atoms with van der Waals surface area (Å²) in [6, 6.07) is 12.7. The number of hydrogen-bond donors (Lipinski definition) is 0. The first-order valence-corrected chi connectivity index (χ1v) is 10.6. The van der Waals surface area contributed by atoms with E-state index in [1.165, 1.54) is 12.2 Å². The van der Waals surface area contributed by atoms with E-state index < -0.39 is 5.97 Å². The fraction of sp³-hybridized carbons (Fsp3) is 0.308. The quantitative estimate of drug-likeness (QED) is 0.183. The second-order valence-electron chi connectivity index (χ2n) is 7.09. The van der Waals surface area contributed by atoms with Gasteiger partial charge >= 0.3 is 11.9 Å². The van der Waals surface area contributed by atoms with Crippen LogP contribution in [0.4, 0.5) is 0 Å². The predicted molar refractivity (Wildman–Crippen MR) is 124 cm³/mol. The maximum atomic E-state index is 12.0. The standard InChI is InChI=1S/C26H30O6/c1-4-25(27)31-18-8-6-5-7-17-30-22-12-9-21(10-13-22)11-16-26(28)32-23-14-15-24(29-3)20(2)19-23/h4,9-16,19H,1,5-8,17-18H2,2-3H3/b16-11+. The molecule has 0 spiro atoms. The van der Waals surface area contributed by atoms with Crippen molar-refractivity contribution in [3.05, 3.63) is 72.3 Å². The lowest BCUT2D eigenvalue weighted by molar-refractivity contribution is -0.137. The Morgan fingerprint density at radius 2 is 1.59 bits per heavy atom. The maximum Gasteiger partial charge on any atom is 0.336 e. The van der Waals surface area contributed by atoms with E-state index in [1.807, 2.05) is 31.2 Å². The van der Waals surface area contributed by atoms with Gasteiger partial charge < -0.3 is 18.9 Å². The number of methoxy groups -OCH3 is 1. The van der Waals surface area contributed by atoms with Gasteiger partial charge in [-0.3, -0.25) is 0 Å². The van der Waals surface area contributed by atoms with Crippen LogP contribution in [-0.2, 0) is 14.3 Å². The van der Waals surface area contributed by atoms with Crippen LogP contribution in [-0.4, -0.2) is 32.3 Å². The summed E-state index contributed by atoms with van der Waals surface area (Å²) in [7, 11) is 1.60. The smallest absolute Gasteiger partial charge is 0.336 e. The Hall–Kier alpha value is -3.54. The van der Waals surface area contributed by atoms with Crippen molar-refractivity contribution in [2.75, 3.05) is 20.3 Å². The second-order valence-corrected chi connectivity index (χ2v) is 7.09. The summed E-state index contributed by atoms with van der Waals surface area (Å²) in [6.07, 6.45) is 7.99. The largest absolute Gasteiger partial charge is 0.496 e. The van der Waals surface area contributed by atoms with E-state index in [1.54, 1.807) is 31.4 Å². The van der Waals surface area contributed by atoms with Gasteiger partial charge in [0.1, 0.15) is 17.2 Å². The molecule has 2 aromatic rings. The molecular weight excluding hydrogens is 408 g/mol. The third-order valence-electron chi connectivity index (χ3n) is 4.60. The van der Waals surface area contributed by atoms with E-state index in [9.17, 15) is 9.59 Å². The SMILES string of the molecule is C=CC(=O)OCCCCCCOc1ccc(/C=C/C(=O)Oc2ccc(OC)c(C)c2)cc1. The van der Waals surface area contributed by atoms with Gasteiger partial charge in [-0.2, -0.15) is 0 Å². The Balaban J connectivity index is 1.67. The van der Waals surface area contributed by atoms with Crippen molar-refractivity contribution in [1.29, 1.82) is 0 Å². The van der Waals surface area contributed by atoms with E-state index in [0.717, 1.165) is 48.3 Å². The molecule has 32 heavy (non-hydrogen) atoms. The monoisotopic (exact) mass is 438 g/mol. The lowest BCUT2D eigenvalue weighted by atomic mass is 10.2. The van der Waals surface area contributed by atoms with Crippen LogP contribution < -0.4 is 14.2 Å². The summed E-state index contributed by atoms with van der Waals surface area (Å²) in [6.45, 7) is 6.29. The number of unbranched alkanes of at least 4 members (excludes halogenated alkanes) is 3. The first kappa shape index (κ1) is 24.7. The van der Waals surface area contributed by atoms with Gasteiger partial charge in [-0.15, -0.1) is 0 Å². The molecule has 6 heteroatoms. The molecule has 0 N–H and O–H groups in total. The molecule has 0 saturated heterocycles. The number of ether oxygens (including phenoxy) is 4. The molecule has 0 aromatic heterocycles. The Morgan fingerprint density at radius 3 is 2.25 bits per heavy atom. The van der Waals surface area contributed by atoms with Gasteiger partial charge in [0.05, 0.1) is 20.3 Å². The Bertz CT molecular complexity index is 914. The van der Waals surface area contributed by atoms with Crippen LogP contribution in [0.15, 0.2) is 61.2 Å². The second kappa shape index (κ2) is 13.7. The first-order valence-electron chi connectivity index (χ1n) is 10.6. The average Bonchev–Trinajstić information content (AvgIpc) is 2.80. The van der Waals surface area contributed by atoms with Gasteiger partial charge in [0.2, 0.25) is 0 Å². The molecule has 0 atom stereocenters. The minimum Gasteiger partial charge on any atom is -0.496 e. The highest BCUT2D eigenvalue weighted by Crippen LogP contribution is 2.23. The minimum absolute atomic E-state index is 0.379. The van der Waals surface area contributed by atoms with Crippen molar-refractivity contribution in [3.8, 4) is 17.2 Å². The third kappa shape index (κ3) is 9.08. The van der Waals surface area contributed by atoms with Gasteiger partial charge in [0.15, 0.2) is 0 Å². The lowest BCUT2D eigenvalue weighted by Gasteiger charge is -2.07. The van der Waals surface area contributed by atoms with Crippen LogP contribution in [0.2, 0.25) is 0 Å². The van der Waals surface area contributed by atoms with Crippen LogP contribution >= 0.6 is 0 Å². The molecule has 0 saturated carbocycles. The van der Waals surface area contributed by atoms with E-state index in [2.05, 4.69) is 6.58 Å². The molecule has 0 aliphatic rings. The average molecular weight is 439 g/mol. The lowest BCUT2D eigenvalue weighted by Crippen LogP contribution is -2.04. The third-order valence-corrected chi connectivity index (χ3v) is 4.60.